The fourth-order valence-corrected chi connectivity index (χ4v) is 0.622. The number of carbonyl (C=O) groups is 1. The molecule has 0 aromatic carbocycles. The summed E-state index contributed by atoms with van der Waals surface area (Å²) in [5, 5.41) is 5.48. The van der Waals surface area contributed by atoms with Crippen molar-refractivity contribution < 1.29 is 4.79 Å². The molecule has 0 spiro atoms. The fourth-order valence-electron chi connectivity index (χ4n) is 0.622. The minimum Gasteiger partial charge on any atom is -0.342 e. The molecule has 0 saturated carbocycles. The average molecular weight is 166 g/mol. The van der Waals surface area contributed by atoms with E-state index in [-0.39, 0.29) is 18.5 Å². The van der Waals surface area contributed by atoms with Crippen molar-refractivity contribution in [2.75, 3.05) is 13.1 Å². The first-order valence-corrected chi connectivity index (χ1v) is 3.77. The third-order valence-electron chi connectivity index (χ3n) is 1.20. The number of terminal acetylenes is 1. The smallest absolute Gasteiger partial charge is 0.234 e. The molecule has 0 fully saturated rings. The summed E-state index contributed by atoms with van der Waals surface area (Å²) < 4.78 is 0. The summed E-state index contributed by atoms with van der Waals surface area (Å²) >= 11 is 0. The zero-order valence-electron chi connectivity index (χ0n) is 7.26. The van der Waals surface area contributed by atoms with Crippen LogP contribution in [0.1, 0.15) is 6.92 Å². The maximum absolute atomic E-state index is 11.0. The van der Waals surface area contributed by atoms with E-state index in [0.717, 1.165) is 0 Å². The maximum Gasteiger partial charge on any atom is 0.234 e. The molecule has 3 heteroatoms. The van der Waals surface area contributed by atoms with Gasteiger partial charge in [-0.05, 0) is 6.92 Å². The molecule has 0 aromatic rings. The Balaban J connectivity index is 3.47. The van der Waals surface area contributed by atoms with Crippen LogP contribution in [0, 0.1) is 12.3 Å². The fraction of sp³-hybridized carbons (Fsp3) is 0.444. The van der Waals surface area contributed by atoms with E-state index in [9.17, 15) is 4.79 Å². The summed E-state index contributed by atoms with van der Waals surface area (Å²) in [5.74, 6) is 2.31. The normalized spacial score (nSPS) is 11.3. The van der Waals surface area contributed by atoms with E-state index in [0.29, 0.717) is 6.54 Å². The second kappa shape index (κ2) is 6.44. The lowest BCUT2D eigenvalue weighted by Gasteiger charge is -2.07. The minimum atomic E-state index is -0.206. The van der Waals surface area contributed by atoms with Crippen LogP contribution in [0.4, 0.5) is 0 Å². The predicted molar refractivity (Wildman–Crippen MR) is 49.5 cm³/mol. The first kappa shape index (κ1) is 10.7. The van der Waals surface area contributed by atoms with Crippen molar-refractivity contribution >= 4 is 5.91 Å². The molecule has 0 heterocycles. The minimum absolute atomic E-state index is 0.0951. The molecule has 0 bridgehead atoms. The van der Waals surface area contributed by atoms with Gasteiger partial charge in [-0.25, -0.2) is 0 Å². The lowest BCUT2D eigenvalue weighted by molar-refractivity contribution is -0.120. The number of hydrogen-bond donors (Lipinski definition) is 2. The standard InChI is InChI=1S/C9H14N2O/c1-4-6-10-7-9(12)11-8(3)5-2/h2,4,8,10H,1,6-7H2,3H3,(H,11,12). The van der Waals surface area contributed by atoms with Gasteiger partial charge >= 0.3 is 0 Å². The summed E-state index contributed by atoms with van der Waals surface area (Å²) in [5.41, 5.74) is 0. The monoisotopic (exact) mass is 166 g/mol. The molecule has 0 aromatic heterocycles. The molecule has 12 heavy (non-hydrogen) atoms. The molecule has 66 valence electrons. The highest BCUT2D eigenvalue weighted by molar-refractivity contribution is 5.78. The van der Waals surface area contributed by atoms with E-state index < -0.39 is 0 Å². The third-order valence-corrected chi connectivity index (χ3v) is 1.20. The topological polar surface area (TPSA) is 41.1 Å². The number of carbonyl (C=O) groups excluding carboxylic acids is 1. The van der Waals surface area contributed by atoms with Crippen LogP contribution in [-0.4, -0.2) is 25.0 Å². The predicted octanol–water partition coefficient (Wildman–Crippen LogP) is -0.100. The molecule has 0 aliphatic heterocycles. The number of rotatable bonds is 5. The van der Waals surface area contributed by atoms with E-state index in [1.807, 2.05) is 0 Å². The van der Waals surface area contributed by atoms with Crippen LogP contribution in [-0.2, 0) is 4.79 Å². The van der Waals surface area contributed by atoms with Crippen LogP contribution < -0.4 is 10.6 Å². The van der Waals surface area contributed by atoms with Crippen LogP contribution in [0.15, 0.2) is 12.7 Å². The highest BCUT2D eigenvalue weighted by atomic mass is 16.1. The number of amides is 1. The van der Waals surface area contributed by atoms with Gasteiger partial charge in [0.25, 0.3) is 0 Å². The summed E-state index contributed by atoms with van der Waals surface area (Å²) in [7, 11) is 0. The van der Waals surface area contributed by atoms with Crippen LogP contribution in [0.5, 0.6) is 0 Å². The van der Waals surface area contributed by atoms with Gasteiger partial charge in [-0.2, -0.15) is 0 Å². The van der Waals surface area contributed by atoms with Crippen LogP contribution in [0.25, 0.3) is 0 Å². The Morgan fingerprint density at radius 1 is 1.83 bits per heavy atom. The molecule has 0 aliphatic rings. The van der Waals surface area contributed by atoms with Gasteiger partial charge < -0.3 is 10.6 Å². The van der Waals surface area contributed by atoms with E-state index in [1.165, 1.54) is 0 Å². The van der Waals surface area contributed by atoms with Crippen molar-refractivity contribution in [3.05, 3.63) is 12.7 Å². The maximum atomic E-state index is 11.0. The zero-order chi connectivity index (χ0) is 9.40. The second-order valence-corrected chi connectivity index (χ2v) is 2.38. The molecular formula is C9H14N2O. The van der Waals surface area contributed by atoms with Gasteiger partial charge in [0.1, 0.15) is 0 Å². The second-order valence-electron chi connectivity index (χ2n) is 2.38. The Labute approximate surface area is 73.2 Å². The first-order chi connectivity index (χ1) is 5.70. The van der Waals surface area contributed by atoms with Gasteiger partial charge in [-0.15, -0.1) is 13.0 Å². The van der Waals surface area contributed by atoms with E-state index in [4.69, 9.17) is 6.42 Å². The Kier molecular flexibility index (Phi) is 5.76. The highest BCUT2D eigenvalue weighted by Gasteiger charge is 2.01. The van der Waals surface area contributed by atoms with Gasteiger partial charge in [-0.1, -0.05) is 12.0 Å². The van der Waals surface area contributed by atoms with Crippen molar-refractivity contribution in [3.8, 4) is 12.3 Å². The first-order valence-electron chi connectivity index (χ1n) is 3.77. The molecule has 0 radical (unpaired) electrons. The third kappa shape index (κ3) is 5.51. The van der Waals surface area contributed by atoms with Crippen molar-refractivity contribution in [3.63, 3.8) is 0 Å². The molecule has 0 aliphatic carbocycles. The molecule has 2 N–H and O–H groups in total. The average Bonchev–Trinajstić information content (AvgIpc) is 2.05. The van der Waals surface area contributed by atoms with Gasteiger partial charge in [0.05, 0.1) is 12.6 Å². The lowest BCUT2D eigenvalue weighted by Crippen LogP contribution is -2.38. The highest BCUT2D eigenvalue weighted by Crippen LogP contribution is 1.75. The molecule has 3 nitrogen and oxygen atoms in total. The quantitative estimate of drug-likeness (QED) is 0.340. The van der Waals surface area contributed by atoms with Gasteiger partial charge in [0.2, 0.25) is 5.91 Å². The van der Waals surface area contributed by atoms with Crippen molar-refractivity contribution in [1.29, 1.82) is 0 Å². The van der Waals surface area contributed by atoms with Crippen LogP contribution >= 0.6 is 0 Å². The Hall–Kier alpha value is -1.27. The summed E-state index contributed by atoms with van der Waals surface area (Å²) in [6, 6.07) is -0.206. The largest absolute Gasteiger partial charge is 0.342 e. The van der Waals surface area contributed by atoms with E-state index in [2.05, 4.69) is 23.1 Å². The Morgan fingerprint density at radius 3 is 3.00 bits per heavy atom. The molecule has 1 amide bonds. The van der Waals surface area contributed by atoms with E-state index in [1.54, 1.807) is 13.0 Å². The number of nitrogens with one attached hydrogen (secondary N) is 2. The summed E-state index contributed by atoms with van der Waals surface area (Å²) in [6.45, 7) is 6.16. The van der Waals surface area contributed by atoms with Gasteiger partial charge in [0, 0.05) is 6.54 Å². The molecule has 1 atom stereocenters. The summed E-state index contributed by atoms with van der Waals surface area (Å²) in [4.78, 5) is 11.0. The zero-order valence-corrected chi connectivity index (χ0v) is 7.26. The Bertz CT molecular complexity index is 193. The molecule has 0 saturated heterocycles. The van der Waals surface area contributed by atoms with Crippen molar-refractivity contribution in [1.82, 2.24) is 10.6 Å². The van der Waals surface area contributed by atoms with E-state index >= 15 is 0 Å². The van der Waals surface area contributed by atoms with Crippen LogP contribution in [0.3, 0.4) is 0 Å². The molecule has 1 unspecified atom stereocenters. The lowest BCUT2D eigenvalue weighted by atomic mass is 10.3. The number of hydrogen-bond acceptors (Lipinski definition) is 2. The molecule has 0 rings (SSSR count). The van der Waals surface area contributed by atoms with Crippen molar-refractivity contribution in [2.24, 2.45) is 0 Å². The Morgan fingerprint density at radius 2 is 2.50 bits per heavy atom. The summed E-state index contributed by atoms with van der Waals surface area (Å²) in [6.07, 6.45) is 6.77. The van der Waals surface area contributed by atoms with Gasteiger partial charge in [-0.3, -0.25) is 4.79 Å². The van der Waals surface area contributed by atoms with Gasteiger partial charge in [0.15, 0.2) is 0 Å². The van der Waals surface area contributed by atoms with Crippen LogP contribution in [0.2, 0.25) is 0 Å². The molecular weight excluding hydrogens is 152 g/mol. The SMILES string of the molecule is C#CC(C)NC(=O)CNCC=C. The van der Waals surface area contributed by atoms with Crippen molar-refractivity contribution in [2.45, 2.75) is 13.0 Å².